The van der Waals surface area contributed by atoms with E-state index in [1.165, 1.54) is 0 Å². The summed E-state index contributed by atoms with van der Waals surface area (Å²) in [5, 5.41) is 6.87. The highest BCUT2D eigenvalue weighted by Gasteiger charge is 2.23. The Hall–Kier alpha value is -0.810. The van der Waals surface area contributed by atoms with E-state index in [1.807, 2.05) is 0 Å². The average molecular weight is 313 g/mol. The van der Waals surface area contributed by atoms with Gasteiger partial charge < -0.3 is 15.4 Å². The number of guanidine groups is 1. The lowest BCUT2D eigenvalue weighted by Crippen LogP contribution is -2.49. The van der Waals surface area contributed by atoms with Crippen LogP contribution in [0.15, 0.2) is 4.99 Å². The number of nitrogens with one attached hydrogen (secondary N) is 2. The molecule has 1 heterocycles. The summed E-state index contributed by atoms with van der Waals surface area (Å²) in [5.74, 6) is 2.11. The van der Waals surface area contributed by atoms with E-state index in [0.29, 0.717) is 23.9 Å². The summed E-state index contributed by atoms with van der Waals surface area (Å²) in [7, 11) is 0. The largest absolute Gasteiger partial charge is 0.379 e. The molecule has 1 rings (SSSR count). The molecule has 1 aliphatic rings. The topological polar surface area (TPSA) is 48.9 Å². The summed E-state index contributed by atoms with van der Waals surface area (Å²) in [6, 6.07) is 0.896. The molecular formula is C17H36N4O. The van der Waals surface area contributed by atoms with Gasteiger partial charge in [0.15, 0.2) is 5.96 Å². The fraction of sp³-hybridized carbons (Fsp3) is 0.941. The summed E-state index contributed by atoms with van der Waals surface area (Å²) >= 11 is 0. The molecule has 2 unspecified atom stereocenters. The zero-order chi connectivity index (χ0) is 16.5. The second-order valence-electron chi connectivity index (χ2n) is 6.86. The average Bonchev–Trinajstić information content (AvgIpc) is 2.48. The molecule has 0 radical (unpaired) electrons. The van der Waals surface area contributed by atoms with E-state index in [2.05, 4.69) is 57.1 Å². The van der Waals surface area contributed by atoms with Crippen LogP contribution in [0.3, 0.4) is 0 Å². The predicted molar refractivity (Wildman–Crippen MR) is 94.4 cm³/mol. The molecule has 2 atom stereocenters. The standard InChI is InChI=1S/C17H36N4O/c1-7-18-17(20-15(6)13(2)3)19-12-16(14(4)5)21-8-10-22-11-9-21/h13-16H,7-12H2,1-6H3,(H2,18,19,20). The Kier molecular flexibility index (Phi) is 8.79. The zero-order valence-electron chi connectivity index (χ0n) is 15.4. The highest BCUT2D eigenvalue weighted by molar-refractivity contribution is 5.80. The number of nitrogens with zero attached hydrogens (tertiary/aromatic N) is 2. The Morgan fingerprint density at radius 1 is 1.09 bits per heavy atom. The highest BCUT2D eigenvalue weighted by Crippen LogP contribution is 2.13. The van der Waals surface area contributed by atoms with Crippen molar-refractivity contribution in [1.82, 2.24) is 15.5 Å². The van der Waals surface area contributed by atoms with Crippen LogP contribution >= 0.6 is 0 Å². The van der Waals surface area contributed by atoms with Gasteiger partial charge in [0.05, 0.1) is 19.8 Å². The van der Waals surface area contributed by atoms with Crippen molar-refractivity contribution in [3.63, 3.8) is 0 Å². The van der Waals surface area contributed by atoms with E-state index in [0.717, 1.165) is 45.4 Å². The molecule has 0 amide bonds. The molecule has 5 nitrogen and oxygen atoms in total. The number of rotatable bonds is 7. The van der Waals surface area contributed by atoms with Gasteiger partial charge in [-0.3, -0.25) is 9.89 Å². The second-order valence-corrected chi connectivity index (χ2v) is 6.86. The first-order chi connectivity index (χ1) is 10.5. The molecule has 0 bridgehead atoms. The maximum absolute atomic E-state index is 5.47. The molecule has 5 heteroatoms. The molecule has 0 aromatic heterocycles. The van der Waals surface area contributed by atoms with Crippen LogP contribution in [0.2, 0.25) is 0 Å². The molecule has 0 aliphatic carbocycles. The molecule has 0 spiro atoms. The Labute approximate surface area is 136 Å². The fourth-order valence-electron chi connectivity index (χ4n) is 2.54. The van der Waals surface area contributed by atoms with Gasteiger partial charge in [-0.1, -0.05) is 27.7 Å². The van der Waals surface area contributed by atoms with Crippen molar-refractivity contribution < 1.29 is 4.74 Å². The summed E-state index contributed by atoms with van der Waals surface area (Å²) in [5.41, 5.74) is 0. The van der Waals surface area contributed by atoms with E-state index in [9.17, 15) is 0 Å². The molecule has 2 N–H and O–H groups in total. The number of aliphatic imine (C=N–C) groups is 1. The molecule has 0 saturated carbocycles. The van der Waals surface area contributed by atoms with Gasteiger partial charge in [-0.15, -0.1) is 0 Å². The van der Waals surface area contributed by atoms with Gasteiger partial charge in [0, 0.05) is 31.7 Å². The summed E-state index contributed by atoms with van der Waals surface area (Å²) in [6.07, 6.45) is 0. The first-order valence-corrected chi connectivity index (χ1v) is 8.82. The van der Waals surface area contributed by atoms with Crippen molar-refractivity contribution in [1.29, 1.82) is 0 Å². The zero-order valence-corrected chi connectivity index (χ0v) is 15.4. The Morgan fingerprint density at radius 2 is 1.73 bits per heavy atom. The van der Waals surface area contributed by atoms with Gasteiger partial charge in [0.2, 0.25) is 0 Å². The van der Waals surface area contributed by atoms with E-state index in [1.54, 1.807) is 0 Å². The molecule has 1 saturated heterocycles. The Balaban J connectivity index is 2.66. The van der Waals surface area contributed by atoms with Crippen molar-refractivity contribution in [2.24, 2.45) is 16.8 Å². The van der Waals surface area contributed by atoms with E-state index in [-0.39, 0.29) is 0 Å². The molecule has 1 fully saturated rings. The summed E-state index contributed by atoms with van der Waals surface area (Å²) in [6.45, 7) is 18.8. The summed E-state index contributed by atoms with van der Waals surface area (Å²) in [4.78, 5) is 7.37. The van der Waals surface area contributed by atoms with Crippen molar-refractivity contribution in [2.45, 2.75) is 53.6 Å². The van der Waals surface area contributed by atoms with Gasteiger partial charge in [-0.25, -0.2) is 0 Å². The minimum absolute atomic E-state index is 0.415. The number of morpholine rings is 1. The van der Waals surface area contributed by atoms with E-state index >= 15 is 0 Å². The van der Waals surface area contributed by atoms with E-state index in [4.69, 9.17) is 9.73 Å². The van der Waals surface area contributed by atoms with Crippen molar-refractivity contribution in [3.05, 3.63) is 0 Å². The van der Waals surface area contributed by atoms with Crippen molar-refractivity contribution >= 4 is 5.96 Å². The second kappa shape index (κ2) is 10.1. The fourth-order valence-corrected chi connectivity index (χ4v) is 2.54. The van der Waals surface area contributed by atoms with Crippen LogP contribution in [0.25, 0.3) is 0 Å². The normalized spacial score (nSPS) is 20.3. The van der Waals surface area contributed by atoms with E-state index < -0.39 is 0 Å². The van der Waals surface area contributed by atoms with Gasteiger partial charge >= 0.3 is 0 Å². The monoisotopic (exact) mass is 312 g/mol. The van der Waals surface area contributed by atoms with Crippen LogP contribution in [-0.4, -0.2) is 62.3 Å². The molecule has 22 heavy (non-hydrogen) atoms. The summed E-state index contributed by atoms with van der Waals surface area (Å²) < 4.78 is 5.47. The quantitative estimate of drug-likeness (QED) is 0.557. The van der Waals surface area contributed by atoms with Gasteiger partial charge in [-0.2, -0.15) is 0 Å². The molecule has 0 aromatic rings. The van der Waals surface area contributed by atoms with Crippen LogP contribution in [0.4, 0.5) is 0 Å². The molecular weight excluding hydrogens is 276 g/mol. The smallest absolute Gasteiger partial charge is 0.191 e. The lowest BCUT2D eigenvalue weighted by atomic mass is 10.0. The maximum atomic E-state index is 5.47. The lowest BCUT2D eigenvalue weighted by molar-refractivity contribution is 0.00867. The number of hydrogen-bond acceptors (Lipinski definition) is 3. The molecule has 1 aliphatic heterocycles. The van der Waals surface area contributed by atoms with Crippen LogP contribution in [0, 0.1) is 11.8 Å². The predicted octanol–water partition coefficient (Wildman–Crippen LogP) is 1.94. The third-order valence-corrected chi connectivity index (χ3v) is 4.43. The van der Waals surface area contributed by atoms with Gasteiger partial charge in [0.25, 0.3) is 0 Å². The van der Waals surface area contributed by atoms with Crippen LogP contribution in [0.1, 0.15) is 41.5 Å². The van der Waals surface area contributed by atoms with Gasteiger partial charge in [-0.05, 0) is 25.7 Å². The minimum atomic E-state index is 0.415. The third kappa shape index (κ3) is 6.53. The third-order valence-electron chi connectivity index (χ3n) is 4.43. The Bertz CT molecular complexity index is 325. The van der Waals surface area contributed by atoms with Crippen LogP contribution < -0.4 is 10.6 Å². The first kappa shape index (κ1) is 19.2. The highest BCUT2D eigenvalue weighted by atomic mass is 16.5. The van der Waals surface area contributed by atoms with Crippen LogP contribution in [0.5, 0.6) is 0 Å². The lowest BCUT2D eigenvalue weighted by Gasteiger charge is -2.36. The van der Waals surface area contributed by atoms with Crippen molar-refractivity contribution in [3.8, 4) is 0 Å². The first-order valence-electron chi connectivity index (χ1n) is 8.82. The van der Waals surface area contributed by atoms with Gasteiger partial charge in [0.1, 0.15) is 0 Å². The van der Waals surface area contributed by atoms with Crippen molar-refractivity contribution in [2.75, 3.05) is 39.4 Å². The van der Waals surface area contributed by atoms with Crippen LogP contribution in [-0.2, 0) is 4.74 Å². The molecule has 130 valence electrons. The Morgan fingerprint density at radius 3 is 2.23 bits per heavy atom. The number of ether oxygens (including phenoxy) is 1. The SMILES string of the molecule is CCNC(=NCC(C(C)C)N1CCOCC1)NC(C)C(C)C. The molecule has 0 aromatic carbocycles. The maximum Gasteiger partial charge on any atom is 0.191 e. The number of hydrogen-bond donors (Lipinski definition) is 2. The minimum Gasteiger partial charge on any atom is -0.379 e.